The van der Waals surface area contributed by atoms with E-state index in [9.17, 15) is 4.79 Å². The summed E-state index contributed by atoms with van der Waals surface area (Å²) in [6, 6.07) is 3.88. The van der Waals surface area contributed by atoms with Gasteiger partial charge in [-0.25, -0.2) is 9.97 Å². The number of pyridine rings is 1. The Kier molecular flexibility index (Phi) is 3.70. The molecule has 6 nitrogen and oxygen atoms in total. The van der Waals surface area contributed by atoms with E-state index in [0.717, 1.165) is 18.8 Å². The second kappa shape index (κ2) is 5.65. The third-order valence-corrected chi connectivity index (χ3v) is 4.02. The molecule has 0 bridgehead atoms. The summed E-state index contributed by atoms with van der Waals surface area (Å²) in [5.41, 5.74) is 6.33. The monoisotopic (exact) mass is 285 g/mol. The number of amides is 1. The molecule has 2 aromatic heterocycles. The summed E-state index contributed by atoms with van der Waals surface area (Å²) >= 11 is 0. The first-order chi connectivity index (χ1) is 10.2. The van der Waals surface area contributed by atoms with Gasteiger partial charge in [0.05, 0.1) is 5.56 Å². The molecule has 110 valence electrons. The van der Waals surface area contributed by atoms with Crippen LogP contribution >= 0.6 is 0 Å². The van der Waals surface area contributed by atoms with Gasteiger partial charge in [0.2, 0.25) is 0 Å². The van der Waals surface area contributed by atoms with Gasteiger partial charge >= 0.3 is 0 Å². The minimum atomic E-state index is 0.0307. The molecule has 2 aromatic rings. The molecular weight excluding hydrogens is 266 g/mol. The zero-order valence-electron chi connectivity index (χ0n) is 12.0. The van der Waals surface area contributed by atoms with E-state index in [4.69, 9.17) is 5.73 Å². The Labute approximate surface area is 123 Å². The molecule has 1 aliphatic heterocycles. The molecule has 1 amide bonds. The average Bonchev–Trinajstić information content (AvgIpc) is 3.16. The molecule has 0 saturated carbocycles. The molecule has 1 fully saturated rings. The van der Waals surface area contributed by atoms with Crippen LogP contribution in [0.25, 0.3) is 5.82 Å². The van der Waals surface area contributed by atoms with Crippen molar-refractivity contribution in [3.63, 3.8) is 0 Å². The van der Waals surface area contributed by atoms with E-state index in [1.54, 1.807) is 23.3 Å². The summed E-state index contributed by atoms with van der Waals surface area (Å²) in [5.74, 6) is 1.18. The van der Waals surface area contributed by atoms with Crippen molar-refractivity contribution in [2.45, 2.75) is 19.4 Å². The summed E-state index contributed by atoms with van der Waals surface area (Å²) in [4.78, 5) is 22.7. The van der Waals surface area contributed by atoms with Crippen LogP contribution < -0.4 is 5.73 Å². The molecule has 1 aliphatic rings. The predicted octanol–water partition coefficient (Wildman–Crippen LogP) is 1.08. The van der Waals surface area contributed by atoms with Crippen LogP contribution in [0, 0.1) is 5.92 Å². The summed E-state index contributed by atoms with van der Waals surface area (Å²) in [6.07, 6.45) is 7.79. The minimum Gasteiger partial charge on any atom is -0.336 e. The third kappa shape index (κ3) is 2.67. The van der Waals surface area contributed by atoms with Gasteiger partial charge in [-0.1, -0.05) is 0 Å². The lowest BCUT2D eigenvalue weighted by Gasteiger charge is -2.21. The quantitative estimate of drug-likeness (QED) is 0.915. The Morgan fingerprint density at radius 1 is 1.48 bits per heavy atom. The Morgan fingerprint density at radius 3 is 2.90 bits per heavy atom. The second-order valence-corrected chi connectivity index (χ2v) is 5.52. The van der Waals surface area contributed by atoms with Gasteiger partial charge in [-0.2, -0.15) is 0 Å². The van der Waals surface area contributed by atoms with E-state index in [2.05, 4.69) is 16.9 Å². The van der Waals surface area contributed by atoms with Crippen molar-refractivity contribution in [2.24, 2.45) is 11.7 Å². The first-order valence-electron chi connectivity index (χ1n) is 7.14. The number of nitrogens with two attached hydrogens (primary N) is 1. The van der Waals surface area contributed by atoms with Gasteiger partial charge in [-0.3, -0.25) is 9.36 Å². The van der Waals surface area contributed by atoms with Crippen LogP contribution in [0.4, 0.5) is 0 Å². The highest BCUT2D eigenvalue weighted by molar-refractivity contribution is 5.94. The van der Waals surface area contributed by atoms with Gasteiger partial charge in [0.25, 0.3) is 5.91 Å². The van der Waals surface area contributed by atoms with E-state index in [1.807, 2.05) is 23.2 Å². The molecule has 6 heteroatoms. The van der Waals surface area contributed by atoms with Crippen molar-refractivity contribution in [1.29, 1.82) is 0 Å². The predicted molar refractivity (Wildman–Crippen MR) is 79.0 cm³/mol. The lowest BCUT2D eigenvalue weighted by atomic mass is 10.1. The van der Waals surface area contributed by atoms with E-state index in [0.29, 0.717) is 18.0 Å². The maximum Gasteiger partial charge on any atom is 0.255 e. The highest BCUT2D eigenvalue weighted by Gasteiger charge is 2.32. The number of nitrogens with zero attached hydrogens (tertiary/aromatic N) is 4. The largest absolute Gasteiger partial charge is 0.336 e. The smallest absolute Gasteiger partial charge is 0.255 e. The van der Waals surface area contributed by atoms with E-state index in [1.165, 1.54) is 0 Å². The molecule has 0 spiro atoms. The molecule has 3 rings (SSSR count). The molecule has 3 heterocycles. The van der Waals surface area contributed by atoms with Crippen LogP contribution in [0.15, 0.2) is 37.1 Å². The van der Waals surface area contributed by atoms with E-state index in [-0.39, 0.29) is 11.9 Å². The maximum absolute atomic E-state index is 12.5. The van der Waals surface area contributed by atoms with Crippen molar-refractivity contribution >= 4 is 5.91 Å². The van der Waals surface area contributed by atoms with Gasteiger partial charge in [-0.15, -0.1) is 0 Å². The van der Waals surface area contributed by atoms with Gasteiger partial charge in [0.1, 0.15) is 12.1 Å². The highest BCUT2D eigenvalue weighted by atomic mass is 16.2. The van der Waals surface area contributed by atoms with Crippen LogP contribution in [0.5, 0.6) is 0 Å². The standard InChI is InChI=1S/C15H19N5O/c1-11-6-12(7-16)9-20(11)15(21)13-2-3-14(18-8-13)19-5-4-17-10-19/h2-5,8,10-12H,6-7,9,16H2,1H3. The van der Waals surface area contributed by atoms with Crippen LogP contribution in [-0.4, -0.2) is 44.5 Å². The van der Waals surface area contributed by atoms with Crippen LogP contribution in [0.1, 0.15) is 23.7 Å². The lowest BCUT2D eigenvalue weighted by molar-refractivity contribution is 0.0743. The molecular formula is C15H19N5O. The van der Waals surface area contributed by atoms with Crippen LogP contribution in [-0.2, 0) is 0 Å². The van der Waals surface area contributed by atoms with E-state index < -0.39 is 0 Å². The topological polar surface area (TPSA) is 77.0 Å². The maximum atomic E-state index is 12.5. The molecule has 2 N–H and O–H groups in total. The number of imidazole rings is 1. The lowest BCUT2D eigenvalue weighted by Crippen LogP contribution is -2.34. The molecule has 2 atom stereocenters. The van der Waals surface area contributed by atoms with Gasteiger partial charge < -0.3 is 10.6 Å². The van der Waals surface area contributed by atoms with Crippen molar-refractivity contribution in [1.82, 2.24) is 19.4 Å². The molecule has 21 heavy (non-hydrogen) atoms. The molecule has 0 radical (unpaired) electrons. The van der Waals surface area contributed by atoms with E-state index >= 15 is 0 Å². The number of carbonyl (C=O) groups is 1. The average molecular weight is 285 g/mol. The SMILES string of the molecule is CC1CC(CN)CN1C(=O)c1ccc(-n2ccnc2)nc1. The number of rotatable bonds is 3. The molecule has 2 unspecified atom stereocenters. The molecule has 1 saturated heterocycles. The fourth-order valence-corrected chi connectivity index (χ4v) is 2.82. The fraction of sp³-hybridized carbons (Fsp3) is 0.400. The summed E-state index contributed by atoms with van der Waals surface area (Å²) in [5, 5.41) is 0. The number of likely N-dealkylation sites (tertiary alicyclic amines) is 1. The number of hydrogen-bond acceptors (Lipinski definition) is 4. The van der Waals surface area contributed by atoms with Crippen molar-refractivity contribution in [3.8, 4) is 5.82 Å². The Balaban J connectivity index is 1.76. The van der Waals surface area contributed by atoms with Gasteiger partial charge in [0.15, 0.2) is 0 Å². The van der Waals surface area contributed by atoms with Gasteiger partial charge in [0, 0.05) is 31.2 Å². The first-order valence-corrected chi connectivity index (χ1v) is 7.14. The minimum absolute atomic E-state index is 0.0307. The zero-order valence-corrected chi connectivity index (χ0v) is 12.0. The number of carbonyl (C=O) groups excluding carboxylic acids is 1. The normalized spacial score (nSPS) is 21.7. The zero-order chi connectivity index (χ0) is 14.8. The molecule has 0 aromatic carbocycles. The second-order valence-electron chi connectivity index (χ2n) is 5.52. The third-order valence-electron chi connectivity index (χ3n) is 4.02. The summed E-state index contributed by atoms with van der Waals surface area (Å²) in [7, 11) is 0. The Hall–Kier alpha value is -2.21. The summed E-state index contributed by atoms with van der Waals surface area (Å²) in [6.45, 7) is 3.44. The van der Waals surface area contributed by atoms with Crippen LogP contribution in [0.2, 0.25) is 0 Å². The number of hydrogen-bond donors (Lipinski definition) is 1. The van der Waals surface area contributed by atoms with Crippen molar-refractivity contribution in [2.75, 3.05) is 13.1 Å². The van der Waals surface area contributed by atoms with Crippen molar-refractivity contribution in [3.05, 3.63) is 42.6 Å². The fourth-order valence-electron chi connectivity index (χ4n) is 2.82. The number of aromatic nitrogens is 3. The van der Waals surface area contributed by atoms with Crippen LogP contribution in [0.3, 0.4) is 0 Å². The highest BCUT2D eigenvalue weighted by Crippen LogP contribution is 2.24. The molecule has 0 aliphatic carbocycles. The van der Waals surface area contributed by atoms with Crippen molar-refractivity contribution < 1.29 is 4.79 Å². The van der Waals surface area contributed by atoms with Gasteiger partial charge in [-0.05, 0) is 37.9 Å². The Bertz CT molecular complexity index is 608. The first kappa shape index (κ1) is 13.8. The Morgan fingerprint density at radius 2 is 2.33 bits per heavy atom. The summed E-state index contributed by atoms with van der Waals surface area (Å²) < 4.78 is 1.80.